The Bertz CT molecular complexity index is 1560. The van der Waals surface area contributed by atoms with Crippen LogP contribution in [0.4, 0.5) is 101 Å². The van der Waals surface area contributed by atoms with Crippen LogP contribution < -0.4 is 0 Å². The van der Waals surface area contributed by atoms with Crippen LogP contribution in [-0.2, 0) is 47.7 Å². The lowest BCUT2D eigenvalue weighted by molar-refractivity contribution is -0.375. The first-order chi connectivity index (χ1) is 30.9. The number of hydrogen-bond acceptors (Lipinski definition) is 11. The second kappa shape index (κ2) is 28.7. The molecule has 418 valence electrons. The first-order valence-electron chi connectivity index (χ1n) is 19.3. The van der Waals surface area contributed by atoms with Crippen molar-refractivity contribution in [3.63, 3.8) is 0 Å². The Morgan fingerprint density at radius 2 is 0.771 bits per heavy atom. The lowest BCUT2D eigenvalue weighted by Gasteiger charge is -2.31. The van der Waals surface area contributed by atoms with Crippen LogP contribution in [0.2, 0.25) is 0 Å². The molecule has 4 unspecified atom stereocenters. The maximum Gasteiger partial charge on any atom is 0.434 e. The summed E-state index contributed by atoms with van der Waals surface area (Å²) < 4.78 is 299. The van der Waals surface area contributed by atoms with E-state index >= 15 is 0 Å². The molecule has 70 heavy (non-hydrogen) atoms. The van der Waals surface area contributed by atoms with Crippen molar-refractivity contribution in [1.82, 2.24) is 0 Å². The molecule has 0 aliphatic carbocycles. The molecule has 0 radical (unpaired) electrons. The van der Waals surface area contributed by atoms with Gasteiger partial charge in [-0.2, -0.15) is 92.2 Å². The van der Waals surface area contributed by atoms with E-state index < -0.39 is 147 Å². The van der Waals surface area contributed by atoms with Crippen LogP contribution in [0.1, 0.15) is 81.1 Å². The highest BCUT2D eigenvalue weighted by Crippen LogP contribution is 2.49. The number of rotatable bonds is 19. The fourth-order valence-electron chi connectivity index (χ4n) is 3.11. The highest BCUT2D eigenvalue weighted by atomic mass is 19.4. The van der Waals surface area contributed by atoms with E-state index in [0.29, 0.717) is 6.42 Å². The van der Waals surface area contributed by atoms with Crippen molar-refractivity contribution in [3.05, 3.63) is 0 Å². The smallest absolute Gasteiger partial charge is 0.434 e. The standard InChI is InChI=1S/C10H12F8O2.C9H12F6O3.C9H13F3O4.C8H10F6O2/c1-3-5(2)6(19)20-4-8(13,14)10(17,18)9(15,16)7(11)12;1-3-5(2)6(16)18-4-7(17,8(10,11)12)9(13,14)15;1-3-6(2)8(14)15-4-7(13)16-5-9(10,11)12;1-3-4(2)5(15)16-6(7(9,10)11)8(12,13)14/h5,7H,3-4H2,1-2H3;5,17H,3-4H2,1-2H3;6H,3-5H2,1-2H3;4,6H,3H2,1-2H3. The first-order valence-corrected chi connectivity index (χ1v) is 19.3. The Labute approximate surface area is 382 Å². The average Bonchev–Trinajstić information content (AvgIpc) is 3.21. The second-order valence-corrected chi connectivity index (χ2v) is 14.3. The molecule has 0 rings (SSSR count). The number of carbonyl (C=O) groups excluding carboxylic acids is 5. The lowest BCUT2D eigenvalue weighted by atomic mass is 10.0. The number of alkyl halides is 23. The molecule has 0 spiro atoms. The molecule has 0 amide bonds. The van der Waals surface area contributed by atoms with Gasteiger partial charge < -0.3 is 28.8 Å². The summed E-state index contributed by atoms with van der Waals surface area (Å²) in [7, 11) is 0. The second-order valence-electron chi connectivity index (χ2n) is 14.3. The van der Waals surface area contributed by atoms with Gasteiger partial charge in [0.2, 0.25) is 0 Å². The zero-order valence-electron chi connectivity index (χ0n) is 37.3. The van der Waals surface area contributed by atoms with Gasteiger partial charge in [-0.05, 0) is 25.7 Å². The molecule has 0 aliphatic heterocycles. The number of ether oxygens (including phenoxy) is 5. The van der Waals surface area contributed by atoms with Gasteiger partial charge in [0, 0.05) is 0 Å². The SMILES string of the molecule is CCC(C)C(=O)OC(C(F)(F)F)C(F)(F)F.CCC(C)C(=O)OCC(=O)OCC(F)(F)F.CCC(C)C(=O)OCC(F)(F)C(F)(F)C(F)(F)C(F)F.CCC(C)C(=O)OCC(O)(C(F)(F)F)C(F)(F)F. The van der Waals surface area contributed by atoms with Crippen LogP contribution in [0.5, 0.6) is 0 Å². The summed E-state index contributed by atoms with van der Waals surface area (Å²) >= 11 is 0. The highest BCUT2D eigenvalue weighted by Gasteiger charge is 2.76. The highest BCUT2D eigenvalue weighted by molar-refractivity contribution is 5.77. The van der Waals surface area contributed by atoms with E-state index in [4.69, 9.17) is 5.11 Å². The molecule has 11 nitrogen and oxygen atoms in total. The summed E-state index contributed by atoms with van der Waals surface area (Å²) in [5, 5.41) is 8.66. The quantitative estimate of drug-likeness (QED) is 0.0747. The van der Waals surface area contributed by atoms with Crippen molar-refractivity contribution >= 4 is 29.8 Å². The Kier molecular flexibility index (Phi) is 29.6. The number of halogens is 23. The molecule has 0 aliphatic rings. The molecule has 0 fully saturated rings. The fourth-order valence-corrected chi connectivity index (χ4v) is 3.11. The molecule has 0 saturated carbocycles. The predicted molar refractivity (Wildman–Crippen MR) is 188 cm³/mol. The van der Waals surface area contributed by atoms with E-state index in [1.165, 1.54) is 41.5 Å². The summed E-state index contributed by atoms with van der Waals surface area (Å²) in [6.07, 6.45) is -35.9. The third-order valence-corrected chi connectivity index (χ3v) is 8.53. The van der Waals surface area contributed by atoms with Crippen molar-refractivity contribution in [2.75, 3.05) is 26.4 Å². The van der Waals surface area contributed by atoms with Crippen LogP contribution in [0.3, 0.4) is 0 Å². The van der Waals surface area contributed by atoms with Gasteiger partial charge in [-0.3, -0.25) is 19.2 Å². The molecule has 1 N–H and O–H groups in total. The van der Waals surface area contributed by atoms with Gasteiger partial charge in [0.25, 0.3) is 11.7 Å². The Morgan fingerprint density at radius 3 is 1.06 bits per heavy atom. The van der Waals surface area contributed by atoms with Gasteiger partial charge in [0.15, 0.2) is 19.8 Å². The van der Waals surface area contributed by atoms with Crippen molar-refractivity contribution in [1.29, 1.82) is 0 Å². The van der Waals surface area contributed by atoms with Gasteiger partial charge in [0.05, 0.1) is 23.7 Å². The van der Waals surface area contributed by atoms with Crippen LogP contribution >= 0.6 is 0 Å². The lowest BCUT2D eigenvalue weighted by Crippen LogP contribution is -2.60. The summed E-state index contributed by atoms with van der Waals surface area (Å²) in [5.41, 5.74) is -5.05. The number of esters is 5. The van der Waals surface area contributed by atoms with Gasteiger partial charge in [-0.1, -0.05) is 55.4 Å². The van der Waals surface area contributed by atoms with Crippen molar-refractivity contribution in [3.8, 4) is 0 Å². The van der Waals surface area contributed by atoms with Gasteiger partial charge in [-0.15, -0.1) is 0 Å². The summed E-state index contributed by atoms with van der Waals surface area (Å²) in [4.78, 5) is 54.6. The molecule has 0 aromatic heterocycles. The molecule has 0 aromatic carbocycles. The fraction of sp³-hybridized carbons (Fsp3) is 0.861. The topological polar surface area (TPSA) is 152 Å². The molecule has 0 bridgehead atoms. The molecule has 0 aromatic rings. The van der Waals surface area contributed by atoms with Crippen LogP contribution in [0.25, 0.3) is 0 Å². The molecular formula is C36H47F23O11. The minimum absolute atomic E-state index is 0.0985. The third-order valence-electron chi connectivity index (χ3n) is 8.53. The minimum atomic E-state index is -6.36. The molecule has 0 saturated heterocycles. The van der Waals surface area contributed by atoms with E-state index in [1.807, 2.05) is 0 Å². The molecule has 0 heterocycles. The van der Waals surface area contributed by atoms with Crippen molar-refractivity contribution in [2.45, 2.75) is 148 Å². The summed E-state index contributed by atoms with van der Waals surface area (Å²) in [6, 6.07) is 0. The number of carbonyl (C=O) groups is 5. The number of hydrogen-bond donors (Lipinski definition) is 1. The molecular weight excluding hydrogens is 1050 g/mol. The molecule has 34 heteroatoms. The Morgan fingerprint density at radius 1 is 0.457 bits per heavy atom. The summed E-state index contributed by atoms with van der Waals surface area (Å²) in [5.74, 6) is -27.3. The average molecular weight is 1090 g/mol. The van der Waals surface area contributed by atoms with Gasteiger partial charge >= 0.3 is 84.9 Å². The monoisotopic (exact) mass is 1090 g/mol. The normalized spacial score (nSPS) is 14.8. The predicted octanol–water partition coefficient (Wildman–Crippen LogP) is 10.9. The van der Waals surface area contributed by atoms with E-state index in [1.54, 1.807) is 13.8 Å². The number of aliphatic hydroxyl groups is 1. The maximum atomic E-state index is 12.9. The molecule has 4 atom stereocenters. The maximum absolute atomic E-state index is 12.9. The zero-order valence-corrected chi connectivity index (χ0v) is 37.3. The third kappa shape index (κ3) is 24.7. The van der Waals surface area contributed by atoms with Gasteiger partial charge in [-0.25, -0.2) is 13.6 Å². The zero-order chi connectivity index (χ0) is 57.0. The Balaban J connectivity index is -0.000000417. The van der Waals surface area contributed by atoms with Crippen LogP contribution in [-0.4, -0.2) is 128 Å². The van der Waals surface area contributed by atoms with E-state index in [9.17, 15) is 125 Å². The minimum Gasteiger partial charge on any atom is -0.462 e. The van der Waals surface area contributed by atoms with Crippen LogP contribution in [0, 0.1) is 23.7 Å². The largest absolute Gasteiger partial charge is 0.462 e. The van der Waals surface area contributed by atoms with Crippen LogP contribution in [0.15, 0.2) is 0 Å². The van der Waals surface area contributed by atoms with Crippen molar-refractivity contribution < 1.29 is 154 Å². The summed E-state index contributed by atoms with van der Waals surface area (Å²) in [6.45, 7) is 4.36. The van der Waals surface area contributed by atoms with E-state index in [2.05, 4.69) is 23.7 Å². The van der Waals surface area contributed by atoms with Crippen molar-refractivity contribution in [2.24, 2.45) is 23.7 Å². The van der Waals surface area contributed by atoms with E-state index in [-0.39, 0.29) is 19.3 Å². The first kappa shape index (κ1) is 72.2. The van der Waals surface area contributed by atoms with E-state index in [0.717, 1.165) is 0 Å². The Hall–Kier alpha value is -4.30. The van der Waals surface area contributed by atoms with Gasteiger partial charge in [0.1, 0.15) is 6.61 Å².